The van der Waals surface area contributed by atoms with Gasteiger partial charge in [-0.05, 0) is 19.8 Å². The van der Waals surface area contributed by atoms with Crippen molar-refractivity contribution in [1.82, 2.24) is 0 Å². The Hall–Kier alpha value is -1.14. The van der Waals surface area contributed by atoms with Gasteiger partial charge in [-0.25, -0.2) is 0 Å². The zero-order chi connectivity index (χ0) is 15.5. The highest BCUT2D eigenvalue weighted by Gasteiger charge is 2.37. The molecule has 6 nitrogen and oxygen atoms in total. The molecule has 1 saturated carbocycles. The van der Waals surface area contributed by atoms with Gasteiger partial charge in [0.1, 0.15) is 6.61 Å². The number of methoxy groups -OCH3 is 1. The molecular formula is C15H26O6. The highest BCUT2D eigenvalue weighted by Crippen LogP contribution is 2.31. The van der Waals surface area contributed by atoms with Crippen LogP contribution in [0.25, 0.3) is 0 Å². The second kappa shape index (κ2) is 10.6. The van der Waals surface area contributed by atoms with Gasteiger partial charge in [0.15, 0.2) is 0 Å². The molecule has 21 heavy (non-hydrogen) atoms. The molecule has 2 atom stereocenters. The van der Waals surface area contributed by atoms with Crippen LogP contribution >= 0.6 is 0 Å². The standard InChI is InChI=1S/C15H26O6/c1-3-19-8-9-20-10-11-21-15(17)13-7-5-4-6-12(13)14(16)18-2/h12-13H,3-11H2,1-2H3. The van der Waals surface area contributed by atoms with Crippen molar-refractivity contribution in [2.45, 2.75) is 32.6 Å². The fraction of sp³-hybridized carbons (Fsp3) is 0.867. The summed E-state index contributed by atoms with van der Waals surface area (Å²) in [4.78, 5) is 23.7. The molecule has 0 N–H and O–H groups in total. The van der Waals surface area contributed by atoms with Crippen LogP contribution in [0.3, 0.4) is 0 Å². The SMILES string of the molecule is CCOCCOCCOC(=O)C1CCCCC1C(=O)OC. The summed E-state index contributed by atoms with van der Waals surface area (Å²) in [5.41, 5.74) is 0. The molecule has 0 aromatic heterocycles. The molecule has 2 unspecified atom stereocenters. The van der Waals surface area contributed by atoms with Crippen molar-refractivity contribution in [1.29, 1.82) is 0 Å². The summed E-state index contributed by atoms with van der Waals surface area (Å²) < 4.78 is 20.4. The first-order valence-corrected chi connectivity index (χ1v) is 7.60. The summed E-state index contributed by atoms with van der Waals surface area (Å²) >= 11 is 0. The first-order valence-electron chi connectivity index (χ1n) is 7.60. The number of esters is 2. The van der Waals surface area contributed by atoms with E-state index >= 15 is 0 Å². The van der Waals surface area contributed by atoms with Gasteiger partial charge >= 0.3 is 11.9 Å². The molecule has 0 bridgehead atoms. The molecule has 1 aliphatic carbocycles. The summed E-state index contributed by atoms with van der Waals surface area (Å²) in [5, 5.41) is 0. The average molecular weight is 302 g/mol. The third kappa shape index (κ3) is 6.44. The minimum Gasteiger partial charge on any atom is -0.469 e. The third-order valence-corrected chi connectivity index (χ3v) is 3.62. The lowest BCUT2D eigenvalue weighted by atomic mass is 9.79. The minimum atomic E-state index is -0.380. The van der Waals surface area contributed by atoms with Crippen molar-refractivity contribution in [3.05, 3.63) is 0 Å². The minimum absolute atomic E-state index is 0.204. The van der Waals surface area contributed by atoms with E-state index in [0.29, 0.717) is 39.3 Å². The maximum absolute atomic E-state index is 12.1. The number of carbonyl (C=O) groups excluding carboxylic acids is 2. The van der Waals surface area contributed by atoms with Crippen molar-refractivity contribution < 1.29 is 28.5 Å². The van der Waals surface area contributed by atoms with E-state index in [9.17, 15) is 9.59 Å². The average Bonchev–Trinajstić information content (AvgIpc) is 2.53. The zero-order valence-electron chi connectivity index (χ0n) is 13.0. The normalized spacial score (nSPS) is 21.8. The van der Waals surface area contributed by atoms with E-state index in [1.807, 2.05) is 6.92 Å². The van der Waals surface area contributed by atoms with Crippen LogP contribution in [0.1, 0.15) is 32.6 Å². The smallest absolute Gasteiger partial charge is 0.309 e. The van der Waals surface area contributed by atoms with Crippen molar-refractivity contribution in [2.24, 2.45) is 11.8 Å². The third-order valence-electron chi connectivity index (χ3n) is 3.62. The van der Waals surface area contributed by atoms with Crippen molar-refractivity contribution in [2.75, 3.05) is 40.1 Å². The van der Waals surface area contributed by atoms with Gasteiger partial charge in [0.25, 0.3) is 0 Å². The molecule has 6 heteroatoms. The van der Waals surface area contributed by atoms with Crippen molar-refractivity contribution in [3.8, 4) is 0 Å². The fourth-order valence-corrected chi connectivity index (χ4v) is 2.52. The van der Waals surface area contributed by atoms with E-state index in [-0.39, 0.29) is 30.4 Å². The molecule has 0 aromatic carbocycles. The molecular weight excluding hydrogens is 276 g/mol. The van der Waals surface area contributed by atoms with Gasteiger partial charge in [-0.15, -0.1) is 0 Å². The Labute approximate surface area is 126 Å². The van der Waals surface area contributed by atoms with E-state index in [1.54, 1.807) is 0 Å². The maximum Gasteiger partial charge on any atom is 0.309 e. The Morgan fingerprint density at radius 3 is 2.10 bits per heavy atom. The van der Waals surface area contributed by atoms with Crippen LogP contribution in [0.5, 0.6) is 0 Å². The molecule has 0 saturated heterocycles. The van der Waals surface area contributed by atoms with Gasteiger partial charge in [-0.1, -0.05) is 12.8 Å². The molecule has 1 aliphatic rings. The largest absolute Gasteiger partial charge is 0.469 e. The number of rotatable bonds is 9. The Morgan fingerprint density at radius 1 is 0.905 bits per heavy atom. The number of hydrogen-bond donors (Lipinski definition) is 0. The molecule has 1 rings (SSSR count). The van der Waals surface area contributed by atoms with E-state index in [2.05, 4.69) is 0 Å². The topological polar surface area (TPSA) is 71.1 Å². The molecule has 122 valence electrons. The lowest BCUT2D eigenvalue weighted by molar-refractivity contribution is -0.162. The molecule has 0 spiro atoms. The van der Waals surface area contributed by atoms with E-state index in [4.69, 9.17) is 18.9 Å². The Morgan fingerprint density at radius 2 is 1.48 bits per heavy atom. The van der Waals surface area contributed by atoms with E-state index in [0.717, 1.165) is 12.8 Å². The van der Waals surface area contributed by atoms with Gasteiger partial charge in [0, 0.05) is 6.61 Å². The summed E-state index contributed by atoms with van der Waals surface area (Å²) in [7, 11) is 1.35. The van der Waals surface area contributed by atoms with Gasteiger partial charge in [0.05, 0.1) is 38.8 Å². The number of carbonyl (C=O) groups is 2. The van der Waals surface area contributed by atoms with E-state index < -0.39 is 0 Å². The monoisotopic (exact) mass is 302 g/mol. The van der Waals surface area contributed by atoms with Crippen LogP contribution in [-0.2, 0) is 28.5 Å². The summed E-state index contributed by atoms with van der Waals surface area (Å²) in [6.45, 7) is 4.15. The highest BCUT2D eigenvalue weighted by atomic mass is 16.6. The Kier molecular flexibility index (Phi) is 9.01. The maximum atomic E-state index is 12.1. The van der Waals surface area contributed by atoms with Crippen LogP contribution in [-0.4, -0.2) is 52.1 Å². The lowest BCUT2D eigenvalue weighted by Crippen LogP contribution is -2.35. The van der Waals surface area contributed by atoms with Gasteiger partial charge in [-0.2, -0.15) is 0 Å². The van der Waals surface area contributed by atoms with Crippen LogP contribution in [0, 0.1) is 11.8 Å². The van der Waals surface area contributed by atoms with Crippen molar-refractivity contribution in [3.63, 3.8) is 0 Å². The highest BCUT2D eigenvalue weighted by molar-refractivity contribution is 5.82. The van der Waals surface area contributed by atoms with E-state index in [1.165, 1.54) is 7.11 Å². The van der Waals surface area contributed by atoms with Gasteiger partial charge in [0.2, 0.25) is 0 Å². The van der Waals surface area contributed by atoms with Crippen LogP contribution in [0.2, 0.25) is 0 Å². The first kappa shape index (κ1) is 17.9. The molecule has 0 heterocycles. The van der Waals surface area contributed by atoms with Crippen LogP contribution < -0.4 is 0 Å². The van der Waals surface area contributed by atoms with Gasteiger partial charge in [-0.3, -0.25) is 9.59 Å². The van der Waals surface area contributed by atoms with Crippen LogP contribution in [0.15, 0.2) is 0 Å². The second-order valence-electron chi connectivity index (χ2n) is 5.00. The Balaban J connectivity index is 2.24. The summed E-state index contributed by atoms with van der Waals surface area (Å²) in [5.74, 6) is -1.38. The second-order valence-corrected chi connectivity index (χ2v) is 5.00. The summed E-state index contributed by atoms with van der Waals surface area (Å²) in [6, 6.07) is 0. The molecule has 0 amide bonds. The number of hydrogen-bond acceptors (Lipinski definition) is 6. The van der Waals surface area contributed by atoms with Gasteiger partial charge < -0.3 is 18.9 Å². The molecule has 0 aromatic rings. The Bertz CT molecular complexity index is 317. The number of ether oxygens (including phenoxy) is 4. The predicted molar refractivity (Wildman–Crippen MR) is 75.7 cm³/mol. The van der Waals surface area contributed by atoms with Crippen LogP contribution in [0.4, 0.5) is 0 Å². The molecule has 0 radical (unpaired) electrons. The zero-order valence-corrected chi connectivity index (χ0v) is 13.0. The first-order chi connectivity index (χ1) is 10.2. The predicted octanol–water partition coefficient (Wildman–Crippen LogP) is 1.56. The quantitative estimate of drug-likeness (QED) is 0.475. The fourth-order valence-electron chi connectivity index (χ4n) is 2.52. The summed E-state index contributed by atoms with van der Waals surface area (Å²) in [6.07, 6.45) is 3.27. The van der Waals surface area contributed by atoms with Crippen molar-refractivity contribution >= 4 is 11.9 Å². The molecule has 1 fully saturated rings. The molecule has 0 aliphatic heterocycles. The lowest BCUT2D eigenvalue weighted by Gasteiger charge is -2.27.